The molecule has 2 N–H and O–H groups in total. The van der Waals surface area contributed by atoms with Crippen LogP contribution in [0.5, 0.6) is 0 Å². The van der Waals surface area contributed by atoms with Gasteiger partial charge in [-0.25, -0.2) is 4.98 Å². The van der Waals surface area contributed by atoms with Gasteiger partial charge in [-0.2, -0.15) is 0 Å². The average molecular weight is 377 g/mol. The Balaban J connectivity index is 1.54. The maximum absolute atomic E-state index is 12.7. The molecule has 2 amide bonds. The molecule has 4 rings (SSSR count). The first-order valence-electron chi connectivity index (χ1n) is 8.85. The summed E-state index contributed by atoms with van der Waals surface area (Å²) in [6.45, 7) is 1.96. The number of benzene rings is 2. The van der Waals surface area contributed by atoms with Crippen molar-refractivity contribution in [1.29, 1.82) is 0 Å². The Labute approximate surface area is 161 Å². The zero-order valence-electron chi connectivity index (χ0n) is 14.9. The van der Waals surface area contributed by atoms with Crippen molar-refractivity contribution in [2.24, 2.45) is 0 Å². The van der Waals surface area contributed by atoms with Crippen molar-refractivity contribution in [2.45, 2.75) is 26.2 Å². The Morgan fingerprint density at radius 2 is 2.07 bits per heavy atom. The zero-order chi connectivity index (χ0) is 18.8. The van der Waals surface area contributed by atoms with Crippen LogP contribution in [0.1, 0.15) is 34.5 Å². The van der Waals surface area contributed by atoms with Gasteiger partial charge in [-0.15, -0.1) is 11.3 Å². The number of nitrogens with zero attached hydrogens (tertiary/aromatic N) is 1. The quantitative estimate of drug-likeness (QED) is 0.698. The summed E-state index contributed by atoms with van der Waals surface area (Å²) < 4.78 is 0. The van der Waals surface area contributed by atoms with Crippen LogP contribution in [0.4, 0.5) is 11.4 Å². The number of aromatic nitrogens is 1. The Morgan fingerprint density at radius 3 is 2.89 bits per heavy atom. The predicted molar refractivity (Wildman–Crippen MR) is 108 cm³/mol. The normalized spacial score (nSPS) is 13.4. The molecule has 6 heteroatoms. The summed E-state index contributed by atoms with van der Waals surface area (Å²) >= 11 is 1.59. The SMILES string of the molecule is Cc1csc(-c2cccc(NC(=O)c3ccc4c(c3)CCCC(=O)N4)c2)n1. The van der Waals surface area contributed by atoms with Crippen molar-refractivity contribution in [3.05, 3.63) is 64.7 Å². The van der Waals surface area contributed by atoms with Crippen LogP contribution in [-0.2, 0) is 11.2 Å². The highest BCUT2D eigenvalue weighted by Gasteiger charge is 2.15. The van der Waals surface area contributed by atoms with Crippen LogP contribution in [-0.4, -0.2) is 16.8 Å². The molecule has 0 aliphatic carbocycles. The van der Waals surface area contributed by atoms with E-state index in [2.05, 4.69) is 15.6 Å². The van der Waals surface area contributed by atoms with Crippen molar-refractivity contribution in [1.82, 2.24) is 4.98 Å². The molecule has 0 saturated heterocycles. The number of hydrogen-bond acceptors (Lipinski definition) is 4. The Kier molecular flexibility index (Phi) is 4.73. The number of rotatable bonds is 3. The van der Waals surface area contributed by atoms with E-state index in [4.69, 9.17) is 0 Å². The first-order chi connectivity index (χ1) is 13.1. The topological polar surface area (TPSA) is 71.1 Å². The maximum Gasteiger partial charge on any atom is 0.255 e. The highest BCUT2D eigenvalue weighted by molar-refractivity contribution is 7.13. The molecule has 1 aliphatic heterocycles. The molecule has 1 aromatic heterocycles. The summed E-state index contributed by atoms with van der Waals surface area (Å²) in [7, 11) is 0. The van der Waals surface area contributed by atoms with Gasteiger partial charge in [0.15, 0.2) is 0 Å². The van der Waals surface area contributed by atoms with Crippen LogP contribution in [0, 0.1) is 6.92 Å². The van der Waals surface area contributed by atoms with Gasteiger partial charge in [-0.05, 0) is 55.7 Å². The number of carbonyl (C=O) groups excluding carboxylic acids is 2. The monoisotopic (exact) mass is 377 g/mol. The Morgan fingerprint density at radius 1 is 1.19 bits per heavy atom. The smallest absolute Gasteiger partial charge is 0.255 e. The van der Waals surface area contributed by atoms with E-state index in [0.29, 0.717) is 12.0 Å². The molecule has 1 aliphatic rings. The summed E-state index contributed by atoms with van der Waals surface area (Å²) in [5, 5.41) is 8.79. The summed E-state index contributed by atoms with van der Waals surface area (Å²) in [6, 6.07) is 13.1. The second-order valence-electron chi connectivity index (χ2n) is 6.60. The van der Waals surface area contributed by atoms with Crippen molar-refractivity contribution in [3.63, 3.8) is 0 Å². The number of amides is 2. The fourth-order valence-electron chi connectivity index (χ4n) is 3.14. The number of thiazole rings is 1. The van der Waals surface area contributed by atoms with Gasteiger partial charge in [0.1, 0.15) is 5.01 Å². The molecule has 0 radical (unpaired) electrons. The zero-order valence-corrected chi connectivity index (χ0v) is 15.7. The van der Waals surface area contributed by atoms with Gasteiger partial charge in [0.2, 0.25) is 5.91 Å². The summed E-state index contributed by atoms with van der Waals surface area (Å²) in [5.41, 5.74) is 5.08. The van der Waals surface area contributed by atoms with E-state index in [1.54, 1.807) is 17.4 Å². The third-order valence-corrected chi connectivity index (χ3v) is 5.49. The summed E-state index contributed by atoms with van der Waals surface area (Å²) in [5.74, 6) is -0.138. The highest BCUT2D eigenvalue weighted by atomic mass is 32.1. The van der Waals surface area contributed by atoms with Gasteiger partial charge in [0.05, 0.1) is 0 Å². The van der Waals surface area contributed by atoms with Gasteiger partial charge in [-0.1, -0.05) is 12.1 Å². The summed E-state index contributed by atoms with van der Waals surface area (Å²) in [6.07, 6.45) is 2.09. The van der Waals surface area contributed by atoms with Gasteiger partial charge in [0.25, 0.3) is 5.91 Å². The van der Waals surface area contributed by atoms with Crippen LogP contribution >= 0.6 is 11.3 Å². The number of fused-ring (bicyclic) bond motifs is 1. The van der Waals surface area contributed by atoms with Crippen molar-refractivity contribution in [2.75, 3.05) is 10.6 Å². The maximum atomic E-state index is 12.7. The molecular weight excluding hydrogens is 358 g/mol. The van der Waals surface area contributed by atoms with Crippen LogP contribution in [0.3, 0.4) is 0 Å². The van der Waals surface area contributed by atoms with Crippen LogP contribution < -0.4 is 10.6 Å². The molecule has 0 saturated carbocycles. The highest BCUT2D eigenvalue weighted by Crippen LogP contribution is 2.27. The summed E-state index contributed by atoms with van der Waals surface area (Å²) in [4.78, 5) is 28.8. The lowest BCUT2D eigenvalue weighted by atomic mass is 10.0. The fourth-order valence-corrected chi connectivity index (χ4v) is 3.93. The number of nitrogens with one attached hydrogen (secondary N) is 2. The lowest BCUT2D eigenvalue weighted by molar-refractivity contribution is -0.116. The van der Waals surface area contributed by atoms with E-state index < -0.39 is 0 Å². The minimum absolute atomic E-state index is 0.0280. The number of anilines is 2. The molecule has 27 heavy (non-hydrogen) atoms. The molecule has 0 fully saturated rings. The van der Waals surface area contributed by atoms with Crippen molar-refractivity contribution < 1.29 is 9.59 Å². The molecule has 3 aromatic rings. The Hall–Kier alpha value is -2.99. The van der Waals surface area contributed by atoms with Gasteiger partial charge < -0.3 is 10.6 Å². The minimum Gasteiger partial charge on any atom is -0.326 e. The largest absolute Gasteiger partial charge is 0.326 e. The second-order valence-corrected chi connectivity index (χ2v) is 7.46. The van der Waals surface area contributed by atoms with E-state index in [1.165, 1.54) is 0 Å². The molecule has 2 heterocycles. The molecular formula is C21H19N3O2S. The van der Waals surface area contributed by atoms with Crippen molar-refractivity contribution >= 4 is 34.5 Å². The third-order valence-electron chi connectivity index (χ3n) is 4.48. The van der Waals surface area contributed by atoms with E-state index in [1.807, 2.05) is 48.7 Å². The van der Waals surface area contributed by atoms with E-state index in [-0.39, 0.29) is 11.8 Å². The number of hydrogen-bond donors (Lipinski definition) is 2. The van der Waals surface area contributed by atoms with Crippen LogP contribution in [0.2, 0.25) is 0 Å². The first-order valence-corrected chi connectivity index (χ1v) is 9.73. The molecule has 5 nitrogen and oxygen atoms in total. The number of aryl methyl sites for hydroxylation is 2. The molecule has 0 spiro atoms. The molecule has 0 atom stereocenters. The van der Waals surface area contributed by atoms with Crippen LogP contribution in [0.25, 0.3) is 10.6 Å². The van der Waals surface area contributed by atoms with Gasteiger partial charge in [-0.3, -0.25) is 9.59 Å². The Bertz CT molecular complexity index is 1030. The van der Waals surface area contributed by atoms with Gasteiger partial charge in [0, 0.05) is 40.0 Å². The molecule has 136 valence electrons. The number of carbonyl (C=O) groups is 2. The van der Waals surface area contributed by atoms with E-state index >= 15 is 0 Å². The molecule has 0 bridgehead atoms. The standard InChI is InChI=1S/C21H19N3O2S/c1-13-12-27-21(22-13)16-5-2-6-17(11-16)23-20(26)15-8-9-18-14(10-15)4-3-7-19(25)24-18/h2,5-6,8-12H,3-4,7H2,1H3,(H,23,26)(H,24,25). The van der Waals surface area contributed by atoms with E-state index in [0.717, 1.165) is 46.0 Å². The predicted octanol–water partition coefficient (Wildman–Crippen LogP) is 4.65. The van der Waals surface area contributed by atoms with Crippen LogP contribution in [0.15, 0.2) is 47.8 Å². The second kappa shape index (κ2) is 7.32. The lowest BCUT2D eigenvalue weighted by Crippen LogP contribution is -2.13. The minimum atomic E-state index is -0.166. The van der Waals surface area contributed by atoms with Crippen molar-refractivity contribution in [3.8, 4) is 10.6 Å². The van der Waals surface area contributed by atoms with E-state index in [9.17, 15) is 9.59 Å². The molecule has 0 unspecified atom stereocenters. The average Bonchev–Trinajstić information content (AvgIpc) is 3.00. The fraction of sp³-hybridized carbons (Fsp3) is 0.190. The first kappa shape index (κ1) is 17.4. The van der Waals surface area contributed by atoms with Gasteiger partial charge >= 0.3 is 0 Å². The third kappa shape index (κ3) is 3.90. The molecule has 2 aromatic carbocycles. The lowest BCUT2D eigenvalue weighted by Gasteiger charge is -2.10.